The number of carboxylic acid groups (broad SMARTS) is 1. The van der Waals surface area contributed by atoms with Crippen LogP contribution in [0.15, 0.2) is 36.4 Å². The van der Waals surface area contributed by atoms with Crippen molar-refractivity contribution in [1.29, 1.82) is 0 Å². The van der Waals surface area contributed by atoms with E-state index in [-0.39, 0.29) is 18.9 Å². The molecule has 6 nitrogen and oxygen atoms in total. The molecule has 1 heterocycles. The minimum atomic E-state index is -0.918. The van der Waals surface area contributed by atoms with Gasteiger partial charge in [-0.1, -0.05) is 29.8 Å². The number of aryl methyl sites for hydroxylation is 1. The Hall–Kier alpha value is -3.12. The molecule has 0 unspecified atom stereocenters. The average molecular weight is 426 g/mol. The number of carbonyl (C=O) groups excluding carboxylic acids is 1. The first kappa shape index (κ1) is 24.2. The molecule has 2 aromatic rings. The van der Waals surface area contributed by atoms with Crippen LogP contribution in [0.2, 0.25) is 0 Å². The maximum atomic E-state index is 12.0. The first-order valence-electron chi connectivity index (χ1n) is 10.2. The largest absolute Gasteiger partial charge is 0.487 e. The van der Waals surface area contributed by atoms with Gasteiger partial charge in [0.25, 0.3) is 0 Å². The molecule has 31 heavy (non-hydrogen) atoms. The maximum absolute atomic E-state index is 12.0. The number of aliphatic carboxylic acids is 1. The van der Waals surface area contributed by atoms with E-state index in [1.54, 1.807) is 26.8 Å². The highest BCUT2D eigenvalue weighted by Crippen LogP contribution is 2.43. The summed E-state index contributed by atoms with van der Waals surface area (Å²) >= 11 is 0. The predicted octanol–water partition coefficient (Wildman–Crippen LogP) is 4.57. The summed E-state index contributed by atoms with van der Waals surface area (Å²) in [6.07, 6.45) is 2.95. The van der Waals surface area contributed by atoms with E-state index in [0.29, 0.717) is 22.6 Å². The van der Waals surface area contributed by atoms with Crippen molar-refractivity contribution >= 4 is 17.6 Å². The van der Waals surface area contributed by atoms with Gasteiger partial charge < -0.3 is 20.3 Å². The molecule has 3 N–H and O–H groups in total. The third-order valence-corrected chi connectivity index (χ3v) is 4.58. The van der Waals surface area contributed by atoms with Gasteiger partial charge in [-0.05, 0) is 69.9 Å². The standard InChI is InChI=1S/C21H21NO4.C4H10O/c1-12-6-8-15(9-7-12)19-14(3)21-20(13(2)16(19)11-18(24)25)22-17(23)5-4-10-26-21;1-4(2,3)5/h4-9H,10-11H2,1-3H3,(H,22,23)(H,24,25);5H,1-3H3/b5-4-;. The molecule has 1 aliphatic heterocycles. The van der Waals surface area contributed by atoms with E-state index in [9.17, 15) is 14.7 Å². The summed E-state index contributed by atoms with van der Waals surface area (Å²) in [4.78, 5) is 23.5. The number of ether oxygens (including phenoxy) is 1. The molecule has 0 saturated carbocycles. The van der Waals surface area contributed by atoms with Gasteiger partial charge in [0.2, 0.25) is 5.91 Å². The Morgan fingerprint density at radius 1 is 1.10 bits per heavy atom. The molecule has 0 radical (unpaired) electrons. The van der Waals surface area contributed by atoms with Crippen LogP contribution in [0.4, 0.5) is 5.69 Å². The zero-order valence-corrected chi connectivity index (χ0v) is 19.0. The Morgan fingerprint density at radius 3 is 2.23 bits per heavy atom. The Balaban J connectivity index is 0.000000614. The normalized spacial score (nSPS) is 14.1. The lowest BCUT2D eigenvalue weighted by atomic mass is 9.87. The van der Waals surface area contributed by atoms with Crippen molar-refractivity contribution in [3.05, 3.63) is 58.7 Å². The van der Waals surface area contributed by atoms with Gasteiger partial charge in [-0.3, -0.25) is 9.59 Å². The van der Waals surface area contributed by atoms with Crippen LogP contribution >= 0.6 is 0 Å². The van der Waals surface area contributed by atoms with Crippen LogP contribution in [0.5, 0.6) is 5.75 Å². The summed E-state index contributed by atoms with van der Waals surface area (Å²) in [5.74, 6) is -0.579. The molecule has 0 aromatic heterocycles. The second-order valence-corrected chi connectivity index (χ2v) is 8.62. The van der Waals surface area contributed by atoms with Gasteiger partial charge in [0.15, 0.2) is 0 Å². The smallest absolute Gasteiger partial charge is 0.307 e. The van der Waals surface area contributed by atoms with E-state index in [0.717, 1.165) is 22.3 Å². The van der Waals surface area contributed by atoms with Crippen LogP contribution in [-0.2, 0) is 16.0 Å². The molecule has 6 heteroatoms. The Labute approximate surface area is 183 Å². The van der Waals surface area contributed by atoms with Crippen molar-refractivity contribution in [1.82, 2.24) is 0 Å². The van der Waals surface area contributed by atoms with Crippen LogP contribution in [0, 0.1) is 20.8 Å². The number of nitrogens with one attached hydrogen (secondary N) is 1. The van der Waals surface area contributed by atoms with Gasteiger partial charge >= 0.3 is 5.97 Å². The minimum Gasteiger partial charge on any atom is -0.487 e. The fourth-order valence-corrected chi connectivity index (χ4v) is 3.30. The van der Waals surface area contributed by atoms with Gasteiger partial charge in [-0.25, -0.2) is 0 Å². The Bertz CT molecular complexity index is 992. The van der Waals surface area contributed by atoms with Gasteiger partial charge in [0.05, 0.1) is 17.7 Å². The van der Waals surface area contributed by atoms with Crippen molar-refractivity contribution in [3.63, 3.8) is 0 Å². The Morgan fingerprint density at radius 2 is 1.68 bits per heavy atom. The molecule has 0 spiro atoms. The minimum absolute atomic E-state index is 0.130. The number of carboxylic acids is 1. The maximum Gasteiger partial charge on any atom is 0.307 e. The summed E-state index contributed by atoms with van der Waals surface area (Å²) in [5, 5.41) is 20.8. The van der Waals surface area contributed by atoms with E-state index < -0.39 is 11.6 Å². The summed E-state index contributed by atoms with van der Waals surface area (Å²) < 4.78 is 5.89. The van der Waals surface area contributed by atoms with Gasteiger partial charge in [-0.15, -0.1) is 0 Å². The van der Waals surface area contributed by atoms with E-state index in [4.69, 9.17) is 9.84 Å². The molecule has 1 aliphatic rings. The molecular formula is C25H31NO5. The first-order valence-corrected chi connectivity index (χ1v) is 10.2. The number of carbonyl (C=O) groups is 2. The van der Waals surface area contributed by atoms with E-state index >= 15 is 0 Å². The molecule has 0 bridgehead atoms. The van der Waals surface area contributed by atoms with Crippen molar-refractivity contribution in [3.8, 4) is 16.9 Å². The second-order valence-electron chi connectivity index (χ2n) is 8.62. The molecule has 3 rings (SSSR count). The van der Waals surface area contributed by atoms with Crippen molar-refractivity contribution in [2.75, 3.05) is 11.9 Å². The lowest BCUT2D eigenvalue weighted by Gasteiger charge is -2.24. The van der Waals surface area contributed by atoms with Crippen LogP contribution in [-0.4, -0.2) is 34.3 Å². The topological polar surface area (TPSA) is 95.9 Å². The number of hydrogen-bond acceptors (Lipinski definition) is 4. The third kappa shape index (κ3) is 6.69. The average Bonchev–Trinajstić information content (AvgIpc) is 2.62. The highest BCUT2D eigenvalue weighted by atomic mass is 16.5. The number of aliphatic hydroxyl groups is 1. The molecule has 0 atom stereocenters. The quantitative estimate of drug-likeness (QED) is 0.669. The molecule has 166 valence electrons. The first-order chi connectivity index (χ1) is 14.4. The number of rotatable bonds is 3. The monoisotopic (exact) mass is 425 g/mol. The number of hydrogen-bond donors (Lipinski definition) is 3. The van der Waals surface area contributed by atoms with Crippen LogP contribution < -0.4 is 10.1 Å². The highest BCUT2D eigenvalue weighted by Gasteiger charge is 2.24. The number of fused-ring (bicyclic) bond motifs is 1. The number of anilines is 1. The van der Waals surface area contributed by atoms with Crippen LogP contribution in [0.25, 0.3) is 11.1 Å². The van der Waals surface area contributed by atoms with Crippen molar-refractivity contribution < 1.29 is 24.5 Å². The number of benzene rings is 2. The van der Waals surface area contributed by atoms with E-state index in [1.165, 1.54) is 6.08 Å². The van der Waals surface area contributed by atoms with Crippen molar-refractivity contribution in [2.45, 2.75) is 53.6 Å². The van der Waals surface area contributed by atoms with Crippen LogP contribution in [0.3, 0.4) is 0 Å². The summed E-state index contributed by atoms with van der Waals surface area (Å²) in [6, 6.07) is 7.96. The van der Waals surface area contributed by atoms with Gasteiger partial charge in [-0.2, -0.15) is 0 Å². The molecule has 0 fully saturated rings. The molecule has 1 amide bonds. The summed E-state index contributed by atoms with van der Waals surface area (Å²) in [6.45, 7) is 11.2. The van der Waals surface area contributed by atoms with Crippen molar-refractivity contribution in [2.24, 2.45) is 0 Å². The summed E-state index contributed by atoms with van der Waals surface area (Å²) in [7, 11) is 0. The predicted molar refractivity (Wildman–Crippen MR) is 123 cm³/mol. The zero-order valence-electron chi connectivity index (χ0n) is 19.0. The second kappa shape index (κ2) is 9.79. The Kier molecular flexibility index (Phi) is 7.63. The van der Waals surface area contributed by atoms with E-state index in [2.05, 4.69) is 5.32 Å². The molecule has 2 aromatic carbocycles. The van der Waals surface area contributed by atoms with Gasteiger partial charge in [0.1, 0.15) is 12.4 Å². The number of amides is 1. The fraction of sp³-hybridized carbons (Fsp3) is 0.360. The SMILES string of the molecule is CC(C)(C)O.Cc1ccc(-c2c(C)c3c(c(C)c2CC(=O)O)NC(=O)/C=C\CO3)cc1. The van der Waals surface area contributed by atoms with Gasteiger partial charge in [0, 0.05) is 11.6 Å². The van der Waals surface area contributed by atoms with E-state index in [1.807, 2.05) is 45.0 Å². The molecular weight excluding hydrogens is 394 g/mol. The lowest BCUT2D eigenvalue weighted by molar-refractivity contribution is -0.136. The lowest BCUT2D eigenvalue weighted by Crippen LogP contribution is -2.17. The highest BCUT2D eigenvalue weighted by molar-refractivity contribution is 6.02. The summed E-state index contributed by atoms with van der Waals surface area (Å²) in [5.41, 5.74) is 5.18. The zero-order chi connectivity index (χ0) is 23.3. The third-order valence-electron chi connectivity index (χ3n) is 4.58. The fourth-order valence-electron chi connectivity index (χ4n) is 3.30. The van der Waals surface area contributed by atoms with Crippen LogP contribution in [0.1, 0.15) is 43.0 Å². The molecule has 0 aliphatic carbocycles. The molecule has 0 saturated heterocycles.